The molecule has 1 N–H and O–H groups in total. The number of rotatable bonds is 3. The van der Waals surface area contributed by atoms with Gasteiger partial charge in [-0.25, -0.2) is 0 Å². The van der Waals surface area contributed by atoms with E-state index < -0.39 is 11.7 Å². The zero-order chi connectivity index (χ0) is 14.2. The Kier molecular flexibility index (Phi) is 3.46. The topological polar surface area (TPSA) is 12.0 Å². The number of alkyl halides is 3. The number of hydrogen-bond donors (Lipinski definition) is 1. The van der Waals surface area contributed by atoms with Crippen molar-refractivity contribution in [2.75, 3.05) is 5.32 Å². The Morgan fingerprint density at radius 1 is 1.15 bits per heavy atom. The molecule has 106 valence electrons. The fourth-order valence-corrected chi connectivity index (χ4v) is 3.75. The number of thiophene rings is 1. The summed E-state index contributed by atoms with van der Waals surface area (Å²) in [6, 6.07) is 7.73. The minimum atomic E-state index is -4.32. The van der Waals surface area contributed by atoms with Gasteiger partial charge in [0.15, 0.2) is 0 Å². The van der Waals surface area contributed by atoms with Gasteiger partial charge in [-0.3, -0.25) is 0 Å². The summed E-state index contributed by atoms with van der Waals surface area (Å²) in [5, 5.41) is 2.92. The summed E-state index contributed by atoms with van der Waals surface area (Å²) in [4.78, 5) is 2.50. The third-order valence-electron chi connectivity index (χ3n) is 3.48. The fraction of sp³-hybridized carbons (Fsp3) is 0.333. The van der Waals surface area contributed by atoms with Gasteiger partial charge in [0.05, 0.1) is 5.56 Å². The Bertz CT molecular complexity index is 594. The van der Waals surface area contributed by atoms with Crippen LogP contribution in [0.25, 0.3) is 0 Å². The molecule has 0 amide bonds. The molecule has 0 radical (unpaired) electrons. The van der Waals surface area contributed by atoms with Crippen molar-refractivity contribution < 1.29 is 13.2 Å². The van der Waals surface area contributed by atoms with Crippen molar-refractivity contribution in [1.29, 1.82) is 0 Å². The maximum atomic E-state index is 12.9. The van der Waals surface area contributed by atoms with Crippen LogP contribution >= 0.6 is 11.3 Å². The van der Waals surface area contributed by atoms with Crippen molar-refractivity contribution >= 4 is 17.0 Å². The van der Waals surface area contributed by atoms with E-state index in [1.54, 1.807) is 17.4 Å². The van der Waals surface area contributed by atoms with Crippen LogP contribution in [0.15, 0.2) is 30.3 Å². The van der Waals surface area contributed by atoms with Gasteiger partial charge in [-0.05, 0) is 43.0 Å². The van der Waals surface area contributed by atoms with Crippen LogP contribution < -0.4 is 5.32 Å². The lowest BCUT2D eigenvalue weighted by Gasteiger charge is -2.13. The molecule has 0 fully saturated rings. The first-order valence-electron chi connectivity index (χ1n) is 6.54. The van der Waals surface area contributed by atoms with Crippen LogP contribution in [-0.2, 0) is 25.6 Å². The largest absolute Gasteiger partial charge is 0.418 e. The van der Waals surface area contributed by atoms with Crippen LogP contribution in [0, 0.1) is 0 Å². The summed E-state index contributed by atoms with van der Waals surface area (Å²) >= 11 is 1.71. The van der Waals surface area contributed by atoms with Crippen LogP contribution in [0.2, 0.25) is 0 Å². The van der Waals surface area contributed by atoms with E-state index >= 15 is 0 Å². The lowest BCUT2D eigenvalue weighted by molar-refractivity contribution is -0.136. The van der Waals surface area contributed by atoms with Gasteiger partial charge < -0.3 is 5.32 Å². The molecule has 3 rings (SSSR count). The first-order chi connectivity index (χ1) is 9.54. The Labute approximate surface area is 119 Å². The summed E-state index contributed by atoms with van der Waals surface area (Å²) in [6.07, 6.45) is -0.906. The number of aryl methyl sites for hydroxylation is 2. The van der Waals surface area contributed by atoms with Gasteiger partial charge in [0.25, 0.3) is 0 Å². The first kappa shape index (κ1) is 13.5. The minimum absolute atomic E-state index is 0.147. The molecule has 0 spiro atoms. The molecule has 1 heterocycles. The maximum Gasteiger partial charge on any atom is 0.418 e. The average Bonchev–Trinajstić information content (AvgIpc) is 2.96. The van der Waals surface area contributed by atoms with Crippen LogP contribution in [0.5, 0.6) is 0 Å². The van der Waals surface area contributed by atoms with E-state index in [4.69, 9.17) is 0 Å². The number of nitrogens with one attached hydrogen (secondary N) is 1. The molecule has 1 aliphatic rings. The molecular weight excluding hydrogens is 283 g/mol. The Balaban J connectivity index is 1.75. The van der Waals surface area contributed by atoms with E-state index in [2.05, 4.69) is 11.4 Å². The van der Waals surface area contributed by atoms with Crippen LogP contribution in [-0.4, -0.2) is 0 Å². The summed E-state index contributed by atoms with van der Waals surface area (Å²) in [5.41, 5.74) is 0.911. The molecule has 0 unspecified atom stereocenters. The van der Waals surface area contributed by atoms with Crippen molar-refractivity contribution in [2.45, 2.75) is 32.0 Å². The summed E-state index contributed by atoms with van der Waals surface area (Å²) < 4.78 is 38.6. The SMILES string of the molecule is FC(F)(F)c1ccccc1NCc1cc2c(s1)CCC2. The molecule has 20 heavy (non-hydrogen) atoms. The Morgan fingerprint density at radius 2 is 1.95 bits per heavy atom. The smallest absolute Gasteiger partial charge is 0.380 e. The van der Waals surface area contributed by atoms with Gasteiger partial charge in [-0.2, -0.15) is 13.2 Å². The molecular formula is C15H14F3NS. The quantitative estimate of drug-likeness (QED) is 0.852. The number of para-hydroxylation sites is 1. The third kappa shape index (κ3) is 2.68. The van der Waals surface area contributed by atoms with E-state index in [1.807, 2.05) is 0 Å². The molecule has 5 heteroatoms. The molecule has 1 aliphatic carbocycles. The monoisotopic (exact) mass is 297 g/mol. The van der Waals surface area contributed by atoms with Crippen molar-refractivity contribution in [2.24, 2.45) is 0 Å². The predicted molar refractivity (Wildman–Crippen MR) is 75.1 cm³/mol. The number of halogens is 3. The normalized spacial score (nSPS) is 14.3. The third-order valence-corrected chi connectivity index (χ3v) is 4.72. The van der Waals surface area contributed by atoms with E-state index in [-0.39, 0.29) is 5.69 Å². The highest BCUT2D eigenvalue weighted by Crippen LogP contribution is 2.35. The van der Waals surface area contributed by atoms with Crippen LogP contribution in [0.1, 0.15) is 27.3 Å². The molecule has 0 bridgehead atoms. The van der Waals surface area contributed by atoms with Gasteiger partial charge in [-0.1, -0.05) is 12.1 Å². The fourth-order valence-electron chi connectivity index (χ4n) is 2.54. The number of anilines is 1. The van der Waals surface area contributed by atoms with Crippen molar-refractivity contribution in [3.05, 3.63) is 51.2 Å². The van der Waals surface area contributed by atoms with Gasteiger partial charge >= 0.3 is 6.18 Å². The molecule has 1 aromatic carbocycles. The van der Waals surface area contributed by atoms with Crippen molar-refractivity contribution in [3.8, 4) is 0 Å². The highest BCUT2D eigenvalue weighted by Gasteiger charge is 2.33. The van der Waals surface area contributed by atoms with Gasteiger partial charge in [0, 0.05) is 22.0 Å². The molecule has 0 atom stereocenters. The lowest BCUT2D eigenvalue weighted by atomic mass is 10.1. The zero-order valence-corrected chi connectivity index (χ0v) is 11.6. The lowest BCUT2D eigenvalue weighted by Crippen LogP contribution is -2.10. The number of fused-ring (bicyclic) bond motifs is 1. The number of benzene rings is 1. The highest BCUT2D eigenvalue weighted by atomic mass is 32.1. The summed E-state index contributed by atoms with van der Waals surface area (Å²) in [5.74, 6) is 0. The Hall–Kier alpha value is -1.49. The summed E-state index contributed by atoms with van der Waals surface area (Å²) in [7, 11) is 0. The molecule has 0 saturated heterocycles. The van der Waals surface area contributed by atoms with Crippen LogP contribution in [0.4, 0.5) is 18.9 Å². The molecule has 1 nitrogen and oxygen atoms in total. The van der Waals surface area contributed by atoms with Gasteiger partial charge in [0.2, 0.25) is 0 Å². The van der Waals surface area contributed by atoms with E-state index in [0.717, 1.165) is 23.8 Å². The van der Waals surface area contributed by atoms with Crippen molar-refractivity contribution in [1.82, 2.24) is 0 Å². The second-order valence-electron chi connectivity index (χ2n) is 4.91. The molecule has 1 aromatic heterocycles. The van der Waals surface area contributed by atoms with E-state index in [0.29, 0.717) is 6.54 Å². The average molecular weight is 297 g/mol. The highest BCUT2D eigenvalue weighted by molar-refractivity contribution is 7.12. The molecule has 2 aromatic rings. The zero-order valence-electron chi connectivity index (χ0n) is 10.8. The second kappa shape index (κ2) is 5.13. The maximum absolute atomic E-state index is 12.9. The molecule has 0 aliphatic heterocycles. The summed E-state index contributed by atoms with van der Waals surface area (Å²) in [6.45, 7) is 0.449. The minimum Gasteiger partial charge on any atom is -0.380 e. The van der Waals surface area contributed by atoms with E-state index in [1.165, 1.54) is 29.0 Å². The van der Waals surface area contributed by atoms with E-state index in [9.17, 15) is 13.2 Å². The predicted octanol–water partition coefficient (Wildman–Crippen LogP) is 4.87. The number of hydrogen-bond acceptors (Lipinski definition) is 2. The second-order valence-corrected chi connectivity index (χ2v) is 6.13. The van der Waals surface area contributed by atoms with Gasteiger partial charge in [0.1, 0.15) is 0 Å². The standard InChI is InChI=1S/C15H14F3NS/c16-15(17,18)12-5-1-2-6-13(12)19-9-11-8-10-4-3-7-14(10)20-11/h1-2,5-6,8,19H,3-4,7,9H2. The molecule has 0 saturated carbocycles. The van der Waals surface area contributed by atoms with Gasteiger partial charge in [-0.15, -0.1) is 11.3 Å². The van der Waals surface area contributed by atoms with Crippen LogP contribution in [0.3, 0.4) is 0 Å². The Morgan fingerprint density at radius 3 is 2.70 bits per heavy atom. The first-order valence-corrected chi connectivity index (χ1v) is 7.36. The van der Waals surface area contributed by atoms with Crippen molar-refractivity contribution in [3.63, 3.8) is 0 Å².